The molecule has 22 heavy (non-hydrogen) atoms. The molecule has 1 unspecified atom stereocenters. The lowest BCUT2D eigenvalue weighted by atomic mass is 10.1. The van der Waals surface area contributed by atoms with E-state index in [4.69, 9.17) is 21.1 Å². The molecule has 0 saturated carbocycles. The van der Waals surface area contributed by atoms with Crippen LogP contribution >= 0.6 is 11.6 Å². The first-order valence-electron chi connectivity index (χ1n) is 7.04. The maximum absolute atomic E-state index is 12.4. The fourth-order valence-electron chi connectivity index (χ4n) is 2.22. The van der Waals surface area contributed by atoms with Crippen LogP contribution in [-0.4, -0.2) is 34.2 Å². The Bertz CT molecular complexity index is 598. The van der Waals surface area contributed by atoms with E-state index < -0.39 is 23.7 Å². The molecule has 2 rings (SSSR count). The standard InChI is InChI=1S/C15H19ClN2O4/c1-5-21-13(19)12-11-9(6-7-10(16)17-11)8-18(12)14(20)22-15(2,3)4/h6-7,12H,5,8H2,1-4H3. The van der Waals surface area contributed by atoms with Crippen LogP contribution in [0.2, 0.25) is 5.15 Å². The van der Waals surface area contributed by atoms with Gasteiger partial charge in [-0.1, -0.05) is 17.7 Å². The molecule has 6 nitrogen and oxygen atoms in total. The largest absolute Gasteiger partial charge is 0.464 e. The molecule has 2 heterocycles. The minimum atomic E-state index is -0.927. The predicted molar refractivity (Wildman–Crippen MR) is 80.4 cm³/mol. The van der Waals surface area contributed by atoms with Crippen LogP contribution < -0.4 is 0 Å². The Kier molecular flexibility index (Phi) is 4.60. The van der Waals surface area contributed by atoms with Gasteiger partial charge in [-0.3, -0.25) is 4.90 Å². The van der Waals surface area contributed by atoms with Crippen molar-refractivity contribution in [3.05, 3.63) is 28.5 Å². The van der Waals surface area contributed by atoms with Crippen LogP contribution in [0.25, 0.3) is 0 Å². The fraction of sp³-hybridized carbons (Fsp3) is 0.533. The van der Waals surface area contributed by atoms with E-state index in [0.717, 1.165) is 5.56 Å². The SMILES string of the molecule is CCOC(=O)C1c2nc(Cl)ccc2CN1C(=O)OC(C)(C)C. The molecular weight excluding hydrogens is 308 g/mol. The van der Waals surface area contributed by atoms with Crippen molar-refractivity contribution in [1.82, 2.24) is 9.88 Å². The number of amides is 1. The molecule has 0 aromatic carbocycles. The number of ether oxygens (including phenoxy) is 2. The van der Waals surface area contributed by atoms with E-state index in [2.05, 4.69) is 4.98 Å². The highest BCUT2D eigenvalue weighted by Gasteiger charge is 2.42. The Labute approximate surface area is 134 Å². The Hall–Kier alpha value is -1.82. The number of aromatic nitrogens is 1. The van der Waals surface area contributed by atoms with Crippen molar-refractivity contribution in [2.24, 2.45) is 0 Å². The van der Waals surface area contributed by atoms with Crippen LogP contribution in [0.3, 0.4) is 0 Å². The summed E-state index contributed by atoms with van der Waals surface area (Å²) in [5, 5.41) is 0.263. The molecule has 1 aromatic heterocycles. The Morgan fingerprint density at radius 2 is 2.09 bits per heavy atom. The molecule has 0 spiro atoms. The van der Waals surface area contributed by atoms with Crippen LogP contribution in [0.4, 0.5) is 4.79 Å². The van der Waals surface area contributed by atoms with Gasteiger partial charge in [-0.05, 0) is 39.3 Å². The molecule has 0 fully saturated rings. The number of esters is 1. The van der Waals surface area contributed by atoms with E-state index in [-0.39, 0.29) is 18.3 Å². The van der Waals surface area contributed by atoms with Crippen LogP contribution in [0.5, 0.6) is 0 Å². The Morgan fingerprint density at radius 1 is 1.41 bits per heavy atom. The van der Waals surface area contributed by atoms with Crippen molar-refractivity contribution >= 4 is 23.7 Å². The third-order valence-corrected chi connectivity index (χ3v) is 3.24. The number of hydrogen-bond acceptors (Lipinski definition) is 5. The summed E-state index contributed by atoms with van der Waals surface area (Å²) in [6.07, 6.45) is -0.584. The lowest BCUT2D eigenvalue weighted by Crippen LogP contribution is -2.39. The molecule has 0 radical (unpaired) electrons. The summed E-state index contributed by atoms with van der Waals surface area (Å²) < 4.78 is 10.4. The first kappa shape index (κ1) is 16.5. The van der Waals surface area contributed by atoms with Gasteiger partial charge < -0.3 is 9.47 Å². The number of fused-ring (bicyclic) bond motifs is 1. The second-order valence-electron chi connectivity index (χ2n) is 5.94. The van der Waals surface area contributed by atoms with Gasteiger partial charge in [0.25, 0.3) is 0 Å². The minimum Gasteiger partial charge on any atom is -0.464 e. The Morgan fingerprint density at radius 3 is 2.68 bits per heavy atom. The van der Waals surface area contributed by atoms with Crippen molar-refractivity contribution in [3.8, 4) is 0 Å². The van der Waals surface area contributed by atoms with Crippen LogP contribution in [0, 0.1) is 0 Å². The molecule has 0 aliphatic carbocycles. The summed E-state index contributed by atoms with van der Waals surface area (Å²) in [5.74, 6) is -0.540. The minimum absolute atomic E-state index is 0.216. The molecule has 1 amide bonds. The normalized spacial score (nSPS) is 17.1. The van der Waals surface area contributed by atoms with Gasteiger partial charge in [0.1, 0.15) is 10.8 Å². The van der Waals surface area contributed by atoms with Crippen molar-refractivity contribution < 1.29 is 19.1 Å². The number of hydrogen-bond donors (Lipinski definition) is 0. The first-order chi connectivity index (χ1) is 10.2. The van der Waals surface area contributed by atoms with E-state index >= 15 is 0 Å². The summed E-state index contributed by atoms with van der Waals surface area (Å²) in [4.78, 5) is 30.1. The summed E-state index contributed by atoms with van der Waals surface area (Å²) in [6.45, 7) is 7.45. The number of rotatable bonds is 2. The maximum Gasteiger partial charge on any atom is 0.411 e. The van der Waals surface area contributed by atoms with Gasteiger partial charge in [0.15, 0.2) is 6.04 Å². The third kappa shape index (κ3) is 3.50. The van der Waals surface area contributed by atoms with Crippen LogP contribution in [-0.2, 0) is 20.8 Å². The van der Waals surface area contributed by atoms with Gasteiger partial charge >= 0.3 is 12.1 Å². The predicted octanol–water partition coefficient (Wildman–Crippen LogP) is 3.09. The zero-order chi connectivity index (χ0) is 16.5. The topological polar surface area (TPSA) is 68.7 Å². The number of carbonyl (C=O) groups is 2. The number of halogens is 1. The summed E-state index contributed by atoms with van der Waals surface area (Å²) in [5.41, 5.74) is 0.543. The van der Waals surface area contributed by atoms with E-state index in [1.165, 1.54) is 4.90 Å². The number of carbonyl (C=O) groups excluding carboxylic acids is 2. The summed E-state index contributed by atoms with van der Waals surface area (Å²) in [7, 11) is 0. The van der Waals surface area contributed by atoms with Gasteiger partial charge in [0.2, 0.25) is 0 Å². The second-order valence-corrected chi connectivity index (χ2v) is 6.33. The highest BCUT2D eigenvalue weighted by atomic mass is 35.5. The average Bonchev–Trinajstić information content (AvgIpc) is 2.75. The molecular formula is C15H19ClN2O4. The monoisotopic (exact) mass is 326 g/mol. The van der Waals surface area contributed by atoms with Crippen molar-refractivity contribution in [3.63, 3.8) is 0 Å². The molecule has 1 aliphatic rings. The summed E-state index contributed by atoms with van der Waals surface area (Å²) in [6, 6.07) is 2.45. The third-order valence-electron chi connectivity index (χ3n) is 3.03. The second kappa shape index (κ2) is 6.12. The fourth-order valence-corrected chi connectivity index (χ4v) is 2.38. The summed E-state index contributed by atoms with van der Waals surface area (Å²) >= 11 is 5.91. The first-order valence-corrected chi connectivity index (χ1v) is 7.42. The molecule has 0 N–H and O–H groups in total. The molecule has 1 aromatic rings. The van der Waals surface area contributed by atoms with Gasteiger partial charge in [0.05, 0.1) is 18.8 Å². The van der Waals surface area contributed by atoms with E-state index in [9.17, 15) is 9.59 Å². The lowest BCUT2D eigenvalue weighted by molar-refractivity contribution is -0.149. The van der Waals surface area contributed by atoms with E-state index in [1.807, 2.05) is 0 Å². The molecule has 120 valence electrons. The molecule has 0 saturated heterocycles. The van der Waals surface area contributed by atoms with Gasteiger partial charge in [-0.25, -0.2) is 14.6 Å². The zero-order valence-electron chi connectivity index (χ0n) is 13.1. The van der Waals surface area contributed by atoms with Gasteiger partial charge in [0, 0.05) is 0 Å². The van der Waals surface area contributed by atoms with Gasteiger partial charge in [-0.15, -0.1) is 0 Å². The molecule has 1 atom stereocenters. The highest BCUT2D eigenvalue weighted by molar-refractivity contribution is 6.29. The van der Waals surface area contributed by atoms with Crippen molar-refractivity contribution in [2.75, 3.05) is 6.61 Å². The number of pyridine rings is 1. The maximum atomic E-state index is 12.4. The average molecular weight is 327 g/mol. The van der Waals surface area contributed by atoms with E-state index in [0.29, 0.717) is 5.69 Å². The number of nitrogens with zero attached hydrogens (tertiary/aromatic N) is 2. The smallest absolute Gasteiger partial charge is 0.411 e. The van der Waals surface area contributed by atoms with Crippen molar-refractivity contribution in [2.45, 2.75) is 45.9 Å². The zero-order valence-corrected chi connectivity index (χ0v) is 13.8. The lowest BCUT2D eigenvalue weighted by Gasteiger charge is -2.27. The van der Waals surface area contributed by atoms with Gasteiger partial charge in [-0.2, -0.15) is 0 Å². The van der Waals surface area contributed by atoms with Crippen LogP contribution in [0.15, 0.2) is 12.1 Å². The van der Waals surface area contributed by atoms with Crippen molar-refractivity contribution in [1.29, 1.82) is 0 Å². The van der Waals surface area contributed by atoms with Crippen LogP contribution in [0.1, 0.15) is 45.0 Å². The molecule has 1 aliphatic heterocycles. The Balaban J connectivity index is 2.34. The molecule has 7 heteroatoms. The quantitative estimate of drug-likeness (QED) is 0.617. The van der Waals surface area contributed by atoms with E-state index in [1.54, 1.807) is 39.8 Å². The highest BCUT2D eigenvalue weighted by Crippen LogP contribution is 2.35. The molecule has 0 bridgehead atoms.